The van der Waals surface area contributed by atoms with Crippen LogP contribution < -0.4 is 4.90 Å². The van der Waals surface area contributed by atoms with Crippen molar-refractivity contribution < 1.29 is 0 Å². The van der Waals surface area contributed by atoms with Gasteiger partial charge in [0.15, 0.2) is 0 Å². The van der Waals surface area contributed by atoms with Crippen molar-refractivity contribution in [1.29, 1.82) is 0 Å². The summed E-state index contributed by atoms with van der Waals surface area (Å²) >= 11 is 0. The first-order valence-corrected chi connectivity index (χ1v) is 11.6. The van der Waals surface area contributed by atoms with Gasteiger partial charge in [0.25, 0.3) is 0 Å². The van der Waals surface area contributed by atoms with E-state index < -0.39 is 0 Å². The van der Waals surface area contributed by atoms with Gasteiger partial charge in [-0.25, -0.2) is 0 Å². The van der Waals surface area contributed by atoms with Crippen molar-refractivity contribution in [3.05, 3.63) is 35.9 Å². The number of unbranched alkanes of at least 4 members (excludes halogenated alkanes) is 2. The van der Waals surface area contributed by atoms with Crippen LogP contribution in [0.5, 0.6) is 0 Å². The van der Waals surface area contributed by atoms with Gasteiger partial charge in [0.05, 0.1) is 0 Å². The molecule has 0 bridgehead atoms. The molecule has 1 saturated heterocycles. The molecule has 0 N–H and O–H groups in total. The molecule has 0 unspecified atom stereocenters. The van der Waals surface area contributed by atoms with Crippen LogP contribution in [0, 0.1) is 5.41 Å². The maximum atomic E-state index is 2.67. The van der Waals surface area contributed by atoms with Gasteiger partial charge < -0.3 is 4.90 Å². The molecule has 2 fully saturated rings. The number of rotatable bonds is 6. The van der Waals surface area contributed by atoms with Gasteiger partial charge in [-0.1, -0.05) is 56.9 Å². The van der Waals surface area contributed by atoms with Crippen molar-refractivity contribution in [1.82, 2.24) is 4.90 Å². The monoisotopic (exact) mass is 402 g/mol. The average molecular weight is 403 g/mol. The molecule has 1 heterocycles. The number of hydrogen-bond acceptors (Lipinski definition) is 2. The molecule has 0 radical (unpaired) electrons. The zero-order valence-electron chi connectivity index (χ0n) is 17.8. The van der Waals surface area contributed by atoms with Crippen LogP contribution in [0.2, 0.25) is 0 Å². The number of nitrogens with zero attached hydrogens (tertiary/aromatic N) is 2. The summed E-state index contributed by atoms with van der Waals surface area (Å²) in [4.78, 5) is 5.31. The summed E-state index contributed by atoms with van der Waals surface area (Å²) in [6.07, 6.45) is 16.6. The average Bonchev–Trinajstić information content (AvgIpc) is 3.17. The van der Waals surface area contributed by atoms with Gasteiger partial charge in [-0.15, -0.1) is 12.4 Å². The molecule has 1 spiro atoms. The zero-order valence-corrected chi connectivity index (χ0v) is 18.6. The van der Waals surface area contributed by atoms with Crippen molar-refractivity contribution in [3.63, 3.8) is 0 Å². The fourth-order valence-electron chi connectivity index (χ4n) is 5.59. The minimum Gasteiger partial charge on any atom is -0.368 e. The van der Waals surface area contributed by atoms with Gasteiger partial charge >= 0.3 is 0 Å². The van der Waals surface area contributed by atoms with Gasteiger partial charge in [-0.2, -0.15) is 0 Å². The van der Waals surface area contributed by atoms with E-state index in [1.165, 1.54) is 108 Å². The summed E-state index contributed by atoms with van der Waals surface area (Å²) in [7, 11) is 0. The summed E-state index contributed by atoms with van der Waals surface area (Å²) in [6.45, 7) is 8.39. The lowest BCUT2D eigenvalue weighted by molar-refractivity contribution is 0.252. The first-order chi connectivity index (χ1) is 13.3. The van der Waals surface area contributed by atoms with Crippen LogP contribution >= 0.6 is 12.4 Å². The van der Waals surface area contributed by atoms with Gasteiger partial charge in [-0.05, 0) is 62.1 Å². The molecule has 3 aliphatic rings. The normalized spacial score (nSPS) is 22.2. The molecule has 28 heavy (non-hydrogen) atoms. The molecule has 1 saturated carbocycles. The standard InChI is InChI=1S/C25H38N2.ClH/c1-2-3-8-17-26-18-20-27(21-19-26)24-10-5-4-9-23(24)22-11-15-25(16-12-22)13-6-7-14-25;/h4-5,9-11H,2-3,6-8,12-21H2,1H3;1H. The van der Waals surface area contributed by atoms with Crippen LogP contribution in [0.4, 0.5) is 5.69 Å². The molecular formula is C25H39ClN2. The molecule has 2 nitrogen and oxygen atoms in total. The van der Waals surface area contributed by atoms with E-state index in [0.29, 0.717) is 5.41 Å². The second-order valence-corrected chi connectivity index (χ2v) is 9.19. The van der Waals surface area contributed by atoms with E-state index in [-0.39, 0.29) is 12.4 Å². The lowest BCUT2D eigenvalue weighted by Gasteiger charge is -2.38. The molecule has 2 aliphatic carbocycles. The lowest BCUT2D eigenvalue weighted by Crippen LogP contribution is -2.46. The number of hydrogen-bond donors (Lipinski definition) is 0. The van der Waals surface area contributed by atoms with Crippen LogP contribution in [0.25, 0.3) is 5.57 Å². The van der Waals surface area contributed by atoms with Crippen LogP contribution in [0.1, 0.15) is 76.7 Å². The highest BCUT2D eigenvalue weighted by atomic mass is 35.5. The van der Waals surface area contributed by atoms with Crippen LogP contribution in [-0.2, 0) is 0 Å². The van der Waals surface area contributed by atoms with E-state index >= 15 is 0 Å². The van der Waals surface area contributed by atoms with Crippen molar-refractivity contribution in [2.24, 2.45) is 5.41 Å². The third kappa shape index (κ3) is 4.94. The Labute approximate surface area is 178 Å². The van der Waals surface area contributed by atoms with Crippen molar-refractivity contribution in [2.75, 3.05) is 37.6 Å². The molecule has 1 aromatic rings. The second kappa shape index (κ2) is 10.2. The quantitative estimate of drug-likeness (QED) is 0.498. The van der Waals surface area contributed by atoms with E-state index in [0.717, 1.165) is 0 Å². The number of anilines is 1. The minimum atomic E-state index is 0. The molecule has 1 aromatic carbocycles. The largest absolute Gasteiger partial charge is 0.368 e. The minimum absolute atomic E-state index is 0. The van der Waals surface area contributed by atoms with Crippen molar-refractivity contribution in [2.45, 2.75) is 71.1 Å². The highest BCUT2D eigenvalue weighted by Crippen LogP contribution is 2.50. The smallest absolute Gasteiger partial charge is 0.0443 e. The SMILES string of the molecule is CCCCCN1CCN(c2ccccc2C2=CCC3(CCCC3)CC2)CC1.Cl. The van der Waals surface area contributed by atoms with Crippen LogP contribution in [0.3, 0.4) is 0 Å². The molecule has 4 rings (SSSR count). The lowest BCUT2D eigenvalue weighted by atomic mass is 9.72. The van der Waals surface area contributed by atoms with Gasteiger partial charge in [-0.3, -0.25) is 4.90 Å². The molecule has 156 valence electrons. The molecule has 0 atom stereocenters. The molecule has 0 aromatic heterocycles. The third-order valence-electron chi connectivity index (χ3n) is 7.41. The Morgan fingerprint density at radius 3 is 2.36 bits per heavy atom. The van der Waals surface area contributed by atoms with E-state index in [4.69, 9.17) is 0 Å². The molecule has 1 aliphatic heterocycles. The fourth-order valence-corrected chi connectivity index (χ4v) is 5.59. The van der Waals surface area contributed by atoms with Gasteiger partial charge in [0, 0.05) is 37.4 Å². The number of allylic oxidation sites excluding steroid dienone is 2. The highest BCUT2D eigenvalue weighted by molar-refractivity contribution is 5.85. The van der Waals surface area contributed by atoms with Gasteiger partial charge in [0.1, 0.15) is 0 Å². The van der Waals surface area contributed by atoms with Crippen molar-refractivity contribution >= 4 is 23.7 Å². The van der Waals surface area contributed by atoms with Crippen LogP contribution in [0.15, 0.2) is 30.3 Å². The predicted octanol–water partition coefficient (Wildman–Crippen LogP) is 6.55. The Kier molecular flexibility index (Phi) is 7.88. The summed E-state index contributed by atoms with van der Waals surface area (Å²) in [5.41, 5.74) is 5.29. The topological polar surface area (TPSA) is 6.48 Å². The highest BCUT2D eigenvalue weighted by Gasteiger charge is 2.35. The Balaban J connectivity index is 0.00000225. The summed E-state index contributed by atoms with van der Waals surface area (Å²) in [5, 5.41) is 0. The van der Waals surface area contributed by atoms with Crippen LogP contribution in [-0.4, -0.2) is 37.6 Å². The molecule has 0 amide bonds. The maximum absolute atomic E-state index is 2.67. The number of para-hydroxylation sites is 1. The summed E-state index contributed by atoms with van der Waals surface area (Å²) in [5.74, 6) is 0. The predicted molar refractivity (Wildman–Crippen MR) is 125 cm³/mol. The Bertz CT molecular complexity index is 640. The Hall–Kier alpha value is -0.990. The first-order valence-electron chi connectivity index (χ1n) is 11.6. The molecule has 3 heteroatoms. The zero-order chi connectivity index (χ0) is 18.5. The summed E-state index contributed by atoms with van der Waals surface area (Å²) in [6, 6.07) is 9.21. The van der Waals surface area contributed by atoms with E-state index in [9.17, 15) is 0 Å². The molecular weight excluding hydrogens is 364 g/mol. The number of halogens is 1. The Morgan fingerprint density at radius 2 is 1.68 bits per heavy atom. The van der Waals surface area contributed by atoms with Gasteiger partial charge in [0.2, 0.25) is 0 Å². The fraction of sp³-hybridized carbons (Fsp3) is 0.680. The maximum Gasteiger partial charge on any atom is 0.0443 e. The third-order valence-corrected chi connectivity index (χ3v) is 7.41. The van der Waals surface area contributed by atoms with E-state index in [2.05, 4.69) is 47.1 Å². The second-order valence-electron chi connectivity index (χ2n) is 9.19. The van der Waals surface area contributed by atoms with E-state index in [1.807, 2.05) is 0 Å². The Morgan fingerprint density at radius 1 is 0.929 bits per heavy atom. The first kappa shape index (κ1) is 21.7. The summed E-state index contributed by atoms with van der Waals surface area (Å²) < 4.78 is 0. The number of benzene rings is 1. The van der Waals surface area contributed by atoms with Crippen molar-refractivity contribution in [3.8, 4) is 0 Å². The van der Waals surface area contributed by atoms with E-state index in [1.54, 1.807) is 5.57 Å². The number of piperazine rings is 1.